The van der Waals surface area contributed by atoms with Crippen molar-refractivity contribution in [1.29, 1.82) is 0 Å². The van der Waals surface area contributed by atoms with Crippen LogP contribution in [0.4, 0.5) is 0 Å². The van der Waals surface area contributed by atoms with Gasteiger partial charge < -0.3 is 5.32 Å². The maximum absolute atomic E-state index is 12.7. The van der Waals surface area contributed by atoms with Crippen molar-refractivity contribution in [2.75, 3.05) is 13.1 Å². The number of rotatable bonds is 4. The maximum atomic E-state index is 12.7. The summed E-state index contributed by atoms with van der Waals surface area (Å²) in [6.45, 7) is 6.61. The number of nitrogens with one attached hydrogen (secondary N) is 1. The minimum absolute atomic E-state index is 0.0772. The number of fused-ring (bicyclic) bond motifs is 3. The van der Waals surface area contributed by atoms with Gasteiger partial charge in [0.2, 0.25) is 0 Å². The third-order valence-electron chi connectivity index (χ3n) is 5.37. The van der Waals surface area contributed by atoms with Crippen LogP contribution in [-0.4, -0.2) is 41.0 Å². The number of thiophene rings is 1. The van der Waals surface area contributed by atoms with Gasteiger partial charge >= 0.3 is 0 Å². The second kappa shape index (κ2) is 7.09. The highest BCUT2D eigenvalue weighted by Crippen LogP contribution is 2.35. The van der Waals surface area contributed by atoms with Crippen LogP contribution in [0.1, 0.15) is 35.1 Å². The van der Waals surface area contributed by atoms with E-state index in [9.17, 15) is 4.79 Å². The van der Waals surface area contributed by atoms with E-state index in [1.54, 1.807) is 23.1 Å². The van der Waals surface area contributed by atoms with Gasteiger partial charge in [0.1, 0.15) is 0 Å². The number of aromatic nitrogens is 1. The number of nitrogens with zero attached hydrogens (tertiary/aromatic N) is 2. The van der Waals surface area contributed by atoms with Crippen molar-refractivity contribution < 1.29 is 4.79 Å². The van der Waals surface area contributed by atoms with E-state index in [1.165, 1.54) is 25.9 Å². The molecule has 3 aliphatic heterocycles. The van der Waals surface area contributed by atoms with Gasteiger partial charge in [-0.25, -0.2) is 0 Å². The summed E-state index contributed by atoms with van der Waals surface area (Å²) in [6, 6.07) is 8.80. The molecule has 132 valence electrons. The van der Waals surface area contributed by atoms with E-state index in [2.05, 4.69) is 28.2 Å². The minimum Gasteiger partial charge on any atom is -0.347 e. The Morgan fingerprint density at radius 1 is 1.32 bits per heavy atom. The van der Waals surface area contributed by atoms with E-state index in [4.69, 9.17) is 0 Å². The average molecular weight is 374 g/mol. The van der Waals surface area contributed by atoms with Gasteiger partial charge in [-0.2, -0.15) is 0 Å². The van der Waals surface area contributed by atoms with Gasteiger partial charge in [0.15, 0.2) is 0 Å². The van der Waals surface area contributed by atoms with Gasteiger partial charge in [-0.1, -0.05) is 11.8 Å². The fraction of sp³-hybridized carbons (Fsp3) is 0.474. The summed E-state index contributed by atoms with van der Waals surface area (Å²) < 4.78 is 1.14. The van der Waals surface area contributed by atoms with Crippen molar-refractivity contribution in [2.45, 2.75) is 47.9 Å². The van der Waals surface area contributed by atoms with Crippen LogP contribution < -0.4 is 5.32 Å². The molecular weight excluding hydrogens is 350 g/mol. The fourth-order valence-electron chi connectivity index (χ4n) is 3.96. The van der Waals surface area contributed by atoms with Crippen LogP contribution in [0.25, 0.3) is 0 Å². The van der Waals surface area contributed by atoms with Gasteiger partial charge in [-0.3, -0.25) is 14.7 Å². The SMILES string of the molecule is Cc1cc(Sc2ccc(C(=O)NC3C4CCN(CC4)C3C)s2)ccn1. The third kappa shape index (κ3) is 3.61. The Bertz CT molecular complexity index is 766. The molecule has 5 rings (SSSR count). The number of hydrogen-bond donors (Lipinski definition) is 1. The van der Waals surface area contributed by atoms with Gasteiger partial charge in [0.25, 0.3) is 5.91 Å². The van der Waals surface area contributed by atoms with Crippen LogP contribution in [0, 0.1) is 12.8 Å². The van der Waals surface area contributed by atoms with Gasteiger partial charge in [0, 0.05) is 28.9 Å². The molecule has 5 heterocycles. The molecule has 2 unspecified atom stereocenters. The number of carbonyl (C=O) groups is 1. The number of aryl methyl sites for hydroxylation is 1. The van der Waals surface area contributed by atoms with Crippen molar-refractivity contribution in [3.8, 4) is 0 Å². The standard InChI is InChI=1S/C19H23N3OS2/c1-12-11-15(5-8-20-12)24-17-4-3-16(25-17)19(23)21-18-13(2)22-9-6-14(18)7-10-22/h3-5,8,11,13-14,18H,6-7,9-10H2,1-2H3,(H,21,23). The van der Waals surface area contributed by atoms with Gasteiger partial charge in [0.05, 0.1) is 9.09 Å². The largest absolute Gasteiger partial charge is 0.347 e. The molecule has 0 aromatic carbocycles. The lowest BCUT2D eigenvalue weighted by Gasteiger charge is -2.49. The molecule has 0 aliphatic carbocycles. The van der Waals surface area contributed by atoms with E-state index in [0.29, 0.717) is 12.0 Å². The van der Waals surface area contributed by atoms with Crippen LogP contribution in [0.5, 0.6) is 0 Å². The molecule has 1 N–H and O–H groups in total. The van der Waals surface area contributed by atoms with Crippen molar-refractivity contribution in [3.05, 3.63) is 41.0 Å². The van der Waals surface area contributed by atoms with Crippen LogP contribution in [-0.2, 0) is 0 Å². The lowest BCUT2D eigenvalue weighted by molar-refractivity contribution is 0.0218. The number of carbonyl (C=O) groups excluding carboxylic acids is 1. The summed E-state index contributed by atoms with van der Waals surface area (Å²) in [6.07, 6.45) is 4.25. The zero-order chi connectivity index (χ0) is 17.4. The van der Waals surface area contributed by atoms with Gasteiger partial charge in [-0.15, -0.1) is 11.3 Å². The molecule has 2 aromatic rings. The molecule has 0 radical (unpaired) electrons. The summed E-state index contributed by atoms with van der Waals surface area (Å²) in [5.41, 5.74) is 1.01. The number of hydrogen-bond acceptors (Lipinski definition) is 5. The highest BCUT2D eigenvalue weighted by Gasteiger charge is 2.40. The summed E-state index contributed by atoms with van der Waals surface area (Å²) in [5.74, 6) is 0.714. The van der Waals surface area contributed by atoms with Crippen molar-refractivity contribution in [3.63, 3.8) is 0 Å². The molecule has 2 bridgehead atoms. The van der Waals surface area contributed by atoms with Gasteiger partial charge in [-0.05, 0) is 70.0 Å². The molecule has 0 saturated carbocycles. The van der Waals surface area contributed by atoms with Crippen molar-refractivity contribution in [1.82, 2.24) is 15.2 Å². The van der Waals surface area contributed by atoms with Crippen LogP contribution in [0.3, 0.4) is 0 Å². The molecular formula is C19H23N3OS2. The third-order valence-corrected chi connectivity index (χ3v) is 7.57. The summed E-state index contributed by atoms with van der Waals surface area (Å²) >= 11 is 3.26. The molecule has 2 atom stereocenters. The summed E-state index contributed by atoms with van der Waals surface area (Å²) in [5, 5.41) is 3.31. The lowest BCUT2D eigenvalue weighted by atomic mass is 9.79. The molecule has 1 amide bonds. The Hall–Kier alpha value is -1.37. The Morgan fingerprint density at radius 2 is 2.12 bits per heavy atom. The van der Waals surface area contributed by atoms with E-state index >= 15 is 0 Å². The van der Waals surface area contributed by atoms with Crippen molar-refractivity contribution in [2.24, 2.45) is 5.92 Å². The highest BCUT2D eigenvalue weighted by atomic mass is 32.2. The smallest absolute Gasteiger partial charge is 0.261 e. The summed E-state index contributed by atoms with van der Waals surface area (Å²) in [4.78, 5) is 21.4. The van der Waals surface area contributed by atoms with Crippen LogP contribution >= 0.6 is 23.1 Å². The Kier molecular flexibility index (Phi) is 4.84. The average Bonchev–Trinajstić information content (AvgIpc) is 3.07. The van der Waals surface area contributed by atoms with E-state index in [0.717, 1.165) is 19.7 Å². The Balaban J connectivity index is 1.42. The predicted octanol–water partition coefficient (Wildman–Crippen LogP) is 3.82. The maximum Gasteiger partial charge on any atom is 0.261 e. The molecule has 3 fully saturated rings. The van der Waals surface area contributed by atoms with E-state index < -0.39 is 0 Å². The number of pyridine rings is 1. The Labute approximate surface area is 157 Å². The molecule has 3 saturated heterocycles. The second-order valence-electron chi connectivity index (χ2n) is 6.97. The monoisotopic (exact) mass is 373 g/mol. The first-order valence-corrected chi connectivity index (χ1v) is 10.5. The number of amides is 1. The zero-order valence-electron chi connectivity index (χ0n) is 14.6. The predicted molar refractivity (Wildman–Crippen MR) is 102 cm³/mol. The van der Waals surface area contributed by atoms with E-state index in [1.807, 2.05) is 31.3 Å². The van der Waals surface area contributed by atoms with E-state index in [-0.39, 0.29) is 11.9 Å². The first-order chi connectivity index (χ1) is 12.1. The molecule has 25 heavy (non-hydrogen) atoms. The topological polar surface area (TPSA) is 45.2 Å². The van der Waals surface area contributed by atoms with Crippen LogP contribution in [0.2, 0.25) is 0 Å². The molecule has 6 heteroatoms. The molecule has 2 aromatic heterocycles. The normalized spacial score (nSPS) is 28.1. The Morgan fingerprint density at radius 3 is 2.84 bits per heavy atom. The number of piperidine rings is 3. The fourth-order valence-corrected chi connectivity index (χ4v) is 6.06. The summed E-state index contributed by atoms with van der Waals surface area (Å²) in [7, 11) is 0. The second-order valence-corrected chi connectivity index (χ2v) is 9.42. The minimum atomic E-state index is 0.0772. The quantitative estimate of drug-likeness (QED) is 0.885. The molecule has 4 nitrogen and oxygen atoms in total. The molecule has 0 spiro atoms. The van der Waals surface area contributed by atoms with Crippen LogP contribution in [0.15, 0.2) is 39.6 Å². The first kappa shape index (κ1) is 17.1. The first-order valence-electron chi connectivity index (χ1n) is 8.85. The lowest BCUT2D eigenvalue weighted by Crippen LogP contribution is -2.62. The highest BCUT2D eigenvalue weighted by molar-refractivity contribution is 8.01. The zero-order valence-corrected chi connectivity index (χ0v) is 16.2. The van der Waals surface area contributed by atoms with Crippen molar-refractivity contribution >= 4 is 29.0 Å². The molecule has 3 aliphatic rings.